The molecular weight excluding hydrogens is 398 g/mol. The van der Waals surface area contributed by atoms with Gasteiger partial charge < -0.3 is 22.1 Å². The van der Waals surface area contributed by atoms with Crippen molar-refractivity contribution in [3.05, 3.63) is 47.5 Å². The maximum absolute atomic E-state index is 15.4. The largest absolute Gasteiger partial charge is 0.433 e. The van der Waals surface area contributed by atoms with Crippen LogP contribution in [0.25, 0.3) is 0 Å². The van der Waals surface area contributed by atoms with Crippen LogP contribution < -0.4 is 22.1 Å². The van der Waals surface area contributed by atoms with Crippen LogP contribution in [0.5, 0.6) is 0 Å². The van der Waals surface area contributed by atoms with Crippen molar-refractivity contribution in [2.75, 3.05) is 35.2 Å². The molecule has 1 unspecified atom stereocenters. The van der Waals surface area contributed by atoms with Gasteiger partial charge in [0.1, 0.15) is 0 Å². The molecule has 0 aromatic heterocycles. The highest BCUT2D eigenvalue weighted by atomic mass is 19.4. The fourth-order valence-corrected chi connectivity index (χ4v) is 2.96. The predicted octanol–water partition coefficient (Wildman–Crippen LogP) is 5.23. The predicted molar refractivity (Wildman–Crippen MR) is 103 cm³/mol. The molecule has 160 valence electrons. The van der Waals surface area contributed by atoms with E-state index in [-0.39, 0.29) is 22.7 Å². The van der Waals surface area contributed by atoms with Gasteiger partial charge >= 0.3 is 12.1 Å². The van der Waals surface area contributed by atoms with E-state index in [9.17, 15) is 13.2 Å². The number of benzene rings is 2. The molecule has 10 heteroatoms. The number of nitrogen functional groups attached to an aromatic ring is 2. The van der Waals surface area contributed by atoms with Gasteiger partial charge in [-0.15, -0.1) is 0 Å². The van der Waals surface area contributed by atoms with Crippen LogP contribution in [0.4, 0.5) is 49.1 Å². The average Bonchev–Trinajstić information content (AvgIpc) is 2.63. The SMILES string of the molecule is CCNc1ccc(C(F)(F)C(F)(c2ccc(NCC)c(N)c2)C(F)(F)F)cc1N. The monoisotopic (exact) mass is 420 g/mol. The van der Waals surface area contributed by atoms with Gasteiger partial charge in [-0.1, -0.05) is 12.1 Å². The van der Waals surface area contributed by atoms with Crippen molar-refractivity contribution in [2.45, 2.75) is 31.6 Å². The molecule has 2 rings (SSSR count). The summed E-state index contributed by atoms with van der Waals surface area (Å²) in [5.74, 6) is -4.98. The van der Waals surface area contributed by atoms with Gasteiger partial charge in [-0.25, -0.2) is 4.39 Å². The number of anilines is 4. The Bertz CT molecular complexity index is 868. The van der Waals surface area contributed by atoms with Gasteiger partial charge in [0.05, 0.1) is 22.7 Å². The summed E-state index contributed by atoms with van der Waals surface area (Å²) >= 11 is 0. The number of halogens is 6. The Labute approximate surface area is 164 Å². The van der Waals surface area contributed by atoms with Crippen LogP contribution >= 0.6 is 0 Å². The number of nitrogens with one attached hydrogen (secondary N) is 2. The lowest BCUT2D eigenvalue weighted by Gasteiger charge is -2.36. The first kappa shape index (κ1) is 22.5. The van der Waals surface area contributed by atoms with E-state index in [1.807, 2.05) is 0 Å². The quantitative estimate of drug-likeness (QED) is 0.365. The van der Waals surface area contributed by atoms with Crippen LogP contribution in [0.2, 0.25) is 0 Å². The Morgan fingerprint density at radius 3 is 1.52 bits per heavy atom. The zero-order valence-corrected chi connectivity index (χ0v) is 15.8. The normalized spacial score (nSPS) is 14.3. The molecule has 29 heavy (non-hydrogen) atoms. The van der Waals surface area contributed by atoms with Gasteiger partial charge in [-0.3, -0.25) is 0 Å². The van der Waals surface area contributed by atoms with Gasteiger partial charge in [0.2, 0.25) is 0 Å². The van der Waals surface area contributed by atoms with Crippen LogP contribution in [0, 0.1) is 0 Å². The minimum atomic E-state index is -5.93. The zero-order chi connectivity index (χ0) is 22.0. The summed E-state index contributed by atoms with van der Waals surface area (Å²) in [5.41, 5.74) is 3.71. The average molecular weight is 420 g/mol. The van der Waals surface area contributed by atoms with Crippen molar-refractivity contribution in [3.63, 3.8) is 0 Å². The minimum absolute atomic E-state index is 0.211. The molecule has 0 fully saturated rings. The smallest absolute Gasteiger partial charge is 0.397 e. The first-order chi connectivity index (χ1) is 13.4. The highest BCUT2D eigenvalue weighted by molar-refractivity contribution is 5.69. The Balaban J connectivity index is 2.65. The summed E-state index contributed by atoms with van der Waals surface area (Å²) in [5, 5.41) is 5.52. The zero-order valence-electron chi connectivity index (χ0n) is 15.8. The lowest BCUT2D eigenvalue weighted by Crippen LogP contribution is -2.51. The van der Waals surface area contributed by atoms with Crippen LogP contribution in [-0.2, 0) is 11.6 Å². The molecule has 0 heterocycles. The highest BCUT2D eigenvalue weighted by Gasteiger charge is 2.72. The molecule has 0 aliphatic carbocycles. The second-order valence-corrected chi connectivity index (χ2v) is 6.40. The fraction of sp³-hybridized carbons (Fsp3) is 0.368. The Morgan fingerprint density at radius 1 is 0.724 bits per heavy atom. The summed E-state index contributed by atoms with van der Waals surface area (Å²) in [7, 11) is 0. The van der Waals surface area contributed by atoms with E-state index in [2.05, 4.69) is 10.6 Å². The number of rotatable bonds is 7. The third-order valence-electron chi connectivity index (χ3n) is 4.42. The molecule has 0 saturated heterocycles. The topological polar surface area (TPSA) is 76.1 Å². The van der Waals surface area contributed by atoms with E-state index in [4.69, 9.17) is 11.5 Å². The Kier molecular flexibility index (Phi) is 6.15. The first-order valence-corrected chi connectivity index (χ1v) is 8.81. The van der Waals surface area contributed by atoms with Crippen LogP contribution in [-0.4, -0.2) is 19.3 Å². The van der Waals surface area contributed by atoms with Crippen molar-refractivity contribution in [1.29, 1.82) is 0 Å². The fourth-order valence-electron chi connectivity index (χ4n) is 2.96. The molecule has 0 aliphatic rings. The lowest BCUT2D eigenvalue weighted by atomic mass is 9.83. The second kappa shape index (κ2) is 7.92. The van der Waals surface area contributed by atoms with Gasteiger partial charge in [0, 0.05) is 24.2 Å². The molecule has 6 N–H and O–H groups in total. The minimum Gasteiger partial charge on any atom is -0.397 e. The number of alkyl halides is 6. The summed E-state index contributed by atoms with van der Waals surface area (Å²) in [4.78, 5) is 0. The van der Waals surface area contributed by atoms with Crippen LogP contribution in [0.15, 0.2) is 36.4 Å². The van der Waals surface area contributed by atoms with Gasteiger partial charge in [-0.05, 0) is 38.1 Å². The van der Waals surface area contributed by atoms with Gasteiger partial charge in [0.25, 0.3) is 5.67 Å². The molecule has 0 bridgehead atoms. The van der Waals surface area contributed by atoms with Crippen LogP contribution in [0.3, 0.4) is 0 Å². The first-order valence-electron chi connectivity index (χ1n) is 8.81. The maximum Gasteiger partial charge on any atom is 0.433 e. The molecule has 2 aromatic rings. The summed E-state index contributed by atoms with van der Waals surface area (Å²) < 4.78 is 86.5. The van der Waals surface area contributed by atoms with E-state index >= 15 is 13.2 Å². The molecule has 0 aliphatic heterocycles. The standard InChI is InChI=1S/C19H22F6N4/c1-3-28-15-7-5-11(9-13(15)26)17(20,19(23,24)25)18(21,22)12-6-8-16(29-4-2)14(27)10-12/h5-10,28-29H,3-4,26-27H2,1-2H3. The van der Waals surface area contributed by atoms with Crippen molar-refractivity contribution < 1.29 is 26.3 Å². The molecule has 1 atom stereocenters. The van der Waals surface area contributed by atoms with Gasteiger partial charge in [-0.2, -0.15) is 22.0 Å². The summed E-state index contributed by atoms with van der Waals surface area (Å²) in [6, 6.07) is 4.68. The molecule has 0 amide bonds. The third-order valence-corrected chi connectivity index (χ3v) is 4.42. The lowest BCUT2D eigenvalue weighted by molar-refractivity contribution is -0.314. The Morgan fingerprint density at radius 2 is 1.14 bits per heavy atom. The Hall–Kier alpha value is -2.78. The molecule has 0 saturated carbocycles. The second-order valence-electron chi connectivity index (χ2n) is 6.40. The number of hydrogen-bond acceptors (Lipinski definition) is 4. The molecule has 2 aromatic carbocycles. The number of hydrogen-bond donors (Lipinski definition) is 4. The van der Waals surface area contributed by atoms with E-state index in [1.165, 1.54) is 0 Å². The van der Waals surface area contributed by atoms with E-state index in [0.29, 0.717) is 37.4 Å². The van der Waals surface area contributed by atoms with Crippen molar-refractivity contribution in [1.82, 2.24) is 0 Å². The van der Waals surface area contributed by atoms with Crippen LogP contribution in [0.1, 0.15) is 25.0 Å². The van der Waals surface area contributed by atoms with E-state index in [1.54, 1.807) is 13.8 Å². The molecule has 0 spiro atoms. The van der Waals surface area contributed by atoms with Gasteiger partial charge in [0.15, 0.2) is 0 Å². The van der Waals surface area contributed by atoms with E-state index < -0.39 is 28.9 Å². The van der Waals surface area contributed by atoms with Crippen molar-refractivity contribution in [3.8, 4) is 0 Å². The molecule has 4 nitrogen and oxygen atoms in total. The van der Waals surface area contributed by atoms with E-state index in [0.717, 1.165) is 12.1 Å². The summed E-state index contributed by atoms with van der Waals surface area (Å²) in [6.45, 7) is 4.22. The number of nitrogens with two attached hydrogens (primary N) is 2. The molecule has 0 radical (unpaired) electrons. The molecular formula is C19H22F6N4. The van der Waals surface area contributed by atoms with Crippen molar-refractivity contribution >= 4 is 22.7 Å². The third kappa shape index (κ3) is 3.88. The van der Waals surface area contributed by atoms with Crippen molar-refractivity contribution in [2.24, 2.45) is 0 Å². The highest BCUT2D eigenvalue weighted by Crippen LogP contribution is 2.57. The maximum atomic E-state index is 15.4. The summed E-state index contributed by atoms with van der Waals surface area (Å²) in [6.07, 6.45) is -5.93.